The van der Waals surface area contributed by atoms with E-state index < -0.39 is 0 Å². The molecule has 1 fully saturated rings. The number of aromatic nitrogens is 2. The Morgan fingerprint density at radius 1 is 1.03 bits per heavy atom. The number of anilines is 3. The number of amides is 1. The largest absolute Gasteiger partial charge is 0.378 e. The van der Waals surface area contributed by atoms with E-state index in [2.05, 4.69) is 31.6 Å². The normalized spacial score (nSPS) is 13.7. The van der Waals surface area contributed by atoms with Gasteiger partial charge in [0.1, 0.15) is 5.82 Å². The van der Waals surface area contributed by atoms with Gasteiger partial charge in [-0.1, -0.05) is 18.2 Å². The van der Waals surface area contributed by atoms with Gasteiger partial charge in [0.05, 0.1) is 30.2 Å². The van der Waals surface area contributed by atoms with E-state index in [4.69, 9.17) is 4.74 Å². The lowest BCUT2D eigenvalue weighted by atomic mass is 10.2. The molecule has 1 aliphatic heterocycles. The Morgan fingerprint density at radius 2 is 1.90 bits per heavy atom. The molecule has 29 heavy (non-hydrogen) atoms. The monoisotopic (exact) mass is 389 g/mol. The summed E-state index contributed by atoms with van der Waals surface area (Å²) in [5.74, 6) is 0.524. The summed E-state index contributed by atoms with van der Waals surface area (Å²) in [6.45, 7) is 3.62. The molecule has 0 spiro atoms. The van der Waals surface area contributed by atoms with Crippen LogP contribution in [-0.2, 0) is 11.3 Å². The maximum Gasteiger partial charge on any atom is 0.253 e. The van der Waals surface area contributed by atoms with Crippen molar-refractivity contribution in [2.75, 3.05) is 36.5 Å². The van der Waals surface area contributed by atoms with Gasteiger partial charge in [0.15, 0.2) is 0 Å². The maximum atomic E-state index is 12.3. The molecule has 0 atom stereocenters. The van der Waals surface area contributed by atoms with Crippen LogP contribution in [0.1, 0.15) is 15.9 Å². The smallest absolute Gasteiger partial charge is 0.253 e. The van der Waals surface area contributed by atoms with Crippen LogP contribution in [0.3, 0.4) is 0 Å². The molecular weight excluding hydrogens is 366 g/mol. The summed E-state index contributed by atoms with van der Waals surface area (Å²) in [4.78, 5) is 23.1. The molecule has 0 radical (unpaired) electrons. The van der Waals surface area contributed by atoms with Gasteiger partial charge in [0.25, 0.3) is 5.91 Å². The molecular formula is C22H23N5O2. The number of hydrogen-bond acceptors (Lipinski definition) is 6. The van der Waals surface area contributed by atoms with Crippen LogP contribution in [0.25, 0.3) is 0 Å². The molecule has 2 N–H and O–H groups in total. The van der Waals surface area contributed by atoms with Crippen molar-refractivity contribution in [2.24, 2.45) is 0 Å². The van der Waals surface area contributed by atoms with Crippen molar-refractivity contribution in [1.82, 2.24) is 15.3 Å². The van der Waals surface area contributed by atoms with Gasteiger partial charge in [-0.2, -0.15) is 0 Å². The van der Waals surface area contributed by atoms with Crippen LogP contribution in [0.15, 0.2) is 67.1 Å². The minimum absolute atomic E-state index is 0.165. The highest BCUT2D eigenvalue weighted by Crippen LogP contribution is 2.28. The average molecular weight is 389 g/mol. The number of carbonyl (C=O) groups is 1. The van der Waals surface area contributed by atoms with E-state index in [-0.39, 0.29) is 5.91 Å². The average Bonchev–Trinajstić information content (AvgIpc) is 2.80. The van der Waals surface area contributed by atoms with E-state index in [1.54, 1.807) is 24.7 Å². The molecule has 0 bridgehead atoms. The van der Waals surface area contributed by atoms with Gasteiger partial charge in [-0.25, -0.2) is 4.98 Å². The number of pyridine rings is 2. The molecule has 0 unspecified atom stereocenters. The van der Waals surface area contributed by atoms with Crippen molar-refractivity contribution in [3.8, 4) is 0 Å². The highest BCUT2D eigenvalue weighted by Gasteiger charge is 2.15. The second-order valence-electron chi connectivity index (χ2n) is 6.72. The van der Waals surface area contributed by atoms with E-state index >= 15 is 0 Å². The van der Waals surface area contributed by atoms with E-state index in [0.29, 0.717) is 17.9 Å². The van der Waals surface area contributed by atoms with Crippen LogP contribution in [0.5, 0.6) is 0 Å². The van der Waals surface area contributed by atoms with Gasteiger partial charge >= 0.3 is 0 Å². The minimum Gasteiger partial charge on any atom is -0.378 e. The van der Waals surface area contributed by atoms with Gasteiger partial charge in [-0.05, 0) is 35.9 Å². The van der Waals surface area contributed by atoms with Crippen LogP contribution in [-0.4, -0.2) is 42.2 Å². The first kappa shape index (κ1) is 18.9. The lowest BCUT2D eigenvalue weighted by Gasteiger charge is -2.30. The molecule has 0 saturated carbocycles. The Hall–Kier alpha value is -3.45. The molecule has 1 aliphatic rings. The van der Waals surface area contributed by atoms with Gasteiger partial charge in [-0.3, -0.25) is 9.78 Å². The number of para-hydroxylation sites is 2. The van der Waals surface area contributed by atoms with Crippen LogP contribution in [0.2, 0.25) is 0 Å². The molecule has 7 heteroatoms. The van der Waals surface area contributed by atoms with Crippen molar-refractivity contribution in [1.29, 1.82) is 0 Å². The third-order valence-electron chi connectivity index (χ3n) is 4.72. The first-order valence-corrected chi connectivity index (χ1v) is 9.61. The lowest BCUT2D eigenvalue weighted by Crippen LogP contribution is -2.36. The zero-order valence-corrected chi connectivity index (χ0v) is 16.0. The molecule has 148 valence electrons. The predicted octanol–water partition coefficient (Wildman–Crippen LogP) is 2.99. The number of benzene rings is 1. The summed E-state index contributed by atoms with van der Waals surface area (Å²) in [6, 6.07) is 15.5. The number of hydrogen-bond donors (Lipinski definition) is 2. The topological polar surface area (TPSA) is 79.4 Å². The third kappa shape index (κ3) is 4.89. The number of carbonyl (C=O) groups excluding carboxylic acids is 1. The highest BCUT2D eigenvalue weighted by atomic mass is 16.5. The Labute approximate surface area is 169 Å². The fraction of sp³-hybridized carbons (Fsp3) is 0.227. The van der Waals surface area contributed by atoms with Crippen molar-refractivity contribution >= 4 is 23.1 Å². The van der Waals surface area contributed by atoms with Crippen LogP contribution in [0.4, 0.5) is 17.2 Å². The van der Waals surface area contributed by atoms with E-state index in [9.17, 15) is 4.79 Å². The Bertz CT molecular complexity index is 941. The van der Waals surface area contributed by atoms with E-state index in [1.807, 2.05) is 36.4 Å². The first-order valence-electron chi connectivity index (χ1n) is 9.61. The van der Waals surface area contributed by atoms with E-state index in [0.717, 1.165) is 43.2 Å². The Morgan fingerprint density at radius 3 is 2.66 bits per heavy atom. The summed E-state index contributed by atoms with van der Waals surface area (Å²) in [6.07, 6.45) is 5.02. The summed E-state index contributed by atoms with van der Waals surface area (Å²) < 4.78 is 5.45. The molecule has 3 aromatic rings. The molecule has 1 amide bonds. The van der Waals surface area contributed by atoms with Crippen molar-refractivity contribution in [2.45, 2.75) is 6.54 Å². The summed E-state index contributed by atoms with van der Waals surface area (Å²) in [5.41, 5.74) is 3.57. The SMILES string of the molecule is O=C(NCc1cccnc1)c1ccc(Nc2ccccc2N2CCOCC2)nc1. The second-order valence-corrected chi connectivity index (χ2v) is 6.72. The number of nitrogens with zero attached hydrogens (tertiary/aromatic N) is 3. The quantitative estimate of drug-likeness (QED) is 0.675. The van der Waals surface area contributed by atoms with Crippen LogP contribution < -0.4 is 15.5 Å². The summed E-state index contributed by atoms with van der Waals surface area (Å²) in [7, 11) is 0. The number of rotatable bonds is 6. The lowest BCUT2D eigenvalue weighted by molar-refractivity contribution is 0.0950. The molecule has 0 aliphatic carbocycles. The number of nitrogens with one attached hydrogen (secondary N) is 2. The fourth-order valence-corrected chi connectivity index (χ4v) is 3.19. The number of morpholine rings is 1. The van der Waals surface area contributed by atoms with Gasteiger partial charge in [0, 0.05) is 38.2 Å². The number of ether oxygens (including phenoxy) is 1. The summed E-state index contributed by atoms with van der Waals surface area (Å²) >= 11 is 0. The zero-order chi connectivity index (χ0) is 19.9. The highest BCUT2D eigenvalue weighted by molar-refractivity contribution is 5.94. The van der Waals surface area contributed by atoms with Gasteiger partial charge in [0.2, 0.25) is 0 Å². The van der Waals surface area contributed by atoms with Crippen LogP contribution in [0, 0.1) is 0 Å². The molecule has 2 aromatic heterocycles. The zero-order valence-electron chi connectivity index (χ0n) is 16.0. The second kappa shape index (κ2) is 9.16. The maximum absolute atomic E-state index is 12.3. The first-order chi connectivity index (χ1) is 14.3. The molecule has 3 heterocycles. The van der Waals surface area contributed by atoms with Crippen molar-refractivity contribution in [3.63, 3.8) is 0 Å². The minimum atomic E-state index is -0.165. The van der Waals surface area contributed by atoms with Gasteiger partial charge in [-0.15, -0.1) is 0 Å². The Balaban J connectivity index is 1.40. The van der Waals surface area contributed by atoms with Crippen LogP contribution >= 0.6 is 0 Å². The standard InChI is InChI=1S/C22H23N5O2/c28-22(25-15-17-4-3-9-23-14-17)18-7-8-21(24-16-18)26-19-5-1-2-6-20(19)27-10-12-29-13-11-27/h1-9,14,16H,10-13,15H2,(H,24,26)(H,25,28). The Kier molecular flexibility index (Phi) is 5.97. The van der Waals surface area contributed by atoms with E-state index in [1.165, 1.54) is 0 Å². The fourth-order valence-electron chi connectivity index (χ4n) is 3.19. The molecule has 1 aromatic carbocycles. The predicted molar refractivity (Wildman–Crippen MR) is 112 cm³/mol. The van der Waals surface area contributed by atoms with Crippen molar-refractivity contribution in [3.05, 3.63) is 78.2 Å². The summed E-state index contributed by atoms with van der Waals surface area (Å²) in [5, 5.41) is 6.24. The molecule has 1 saturated heterocycles. The van der Waals surface area contributed by atoms with Crippen molar-refractivity contribution < 1.29 is 9.53 Å². The third-order valence-corrected chi connectivity index (χ3v) is 4.72. The molecule has 4 rings (SSSR count). The molecule has 7 nitrogen and oxygen atoms in total. The van der Waals surface area contributed by atoms with Gasteiger partial charge < -0.3 is 20.3 Å².